The summed E-state index contributed by atoms with van der Waals surface area (Å²) in [6.07, 6.45) is 2.05. The summed E-state index contributed by atoms with van der Waals surface area (Å²) in [5, 5.41) is 0.647. The van der Waals surface area contributed by atoms with Gasteiger partial charge < -0.3 is 4.74 Å². The Balaban J connectivity index is 1.82. The Morgan fingerprint density at radius 2 is 1.91 bits per heavy atom. The lowest BCUT2D eigenvalue weighted by molar-refractivity contribution is 0.319. The minimum Gasteiger partial charge on any atom is -0.494 e. The Labute approximate surface area is 140 Å². The van der Waals surface area contributed by atoms with Crippen molar-refractivity contribution in [2.45, 2.75) is 16.2 Å². The molecular formula is C16H17ClO3S2. The van der Waals surface area contributed by atoms with E-state index in [2.05, 4.69) is 0 Å². The first-order chi connectivity index (χ1) is 10.5. The van der Waals surface area contributed by atoms with Crippen LogP contribution in [-0.4, -0.2) is 27.0 Å². The first-order valence-corrected chi connectivity index (χ1v) is 10.0. The first kappa shape index (κ1) is 17.2. The lowest BCUT2D eigenvalue weighted by Crippen LogP contribution is -2.01. The molecule has 2 aromatic rings. The van der Waals surface area contributed by atoms with Crippen molar-refractivity contribution in [1.82, 2.24) is 0 Å². The zero-order chi connectivity index (χ0) is 16.0. The molecule has 0 aliphatic rings. The number of sulfone groups is 1. The van der Waals surface area contributed by atoms with Gasteiger partial charge in [-0.2, -0.15) is 0 Å². The van der Waals surface area contributed by atoms with Crippen molar-refractivity contribution >= 4 is 33.2 Å². The predicted molar refractivity (Wildman–Crippen MR) is 91.8 cm³/mol. The van der Waals surface area contributed by atoms with Crippen molar-refractivity contribution in [3.63, 3.8) is 0 Å². The van der Waals surface area contributed by atoms with Gasteiger partial charge in [0.05, 0.1) is 11.5 Å². The second kappa shape index (κ2) is 7.90. The highest BCUT2D eigenvalue weighted by atomic mass is 35.5. The summed E-state index contributed by atoms with van der Waals surface area (Å²) in [6.45, 7) is 0.564. The third-order valence-corrected chi connectivity index (χ3v) is 5.54. The average molecular weight is 357 g/mol. The molecule has 0 aromatic heterocycles. The van der Waals surface area contributed by atoms with Gasteiger partial charge in [0.15, 0.2) is 9.84 Å². The van der Waals surface area contributed by atoms with E-state index in [1.54, 1.807) is 24.3 Å². The van der Waals surface area contributed by atoms with E-state index in [4.69, 9.17) is 16.3 Å². The summed E-state index contributed by atoms with van der Waals surface area (Å²) in [5.74, 6) is 1.53. The molecule has 0 radical (unpaired) electrons. The van der Waals surface area contributed by atoms with Crippen LogP contribution in [0, 0.1) is 0 Å². The zero-order valence-corrected chi connectivity index (χ0v) is 14.5. The van der Waals surface area contributed by atoms with Gasteiger partial charge in [-0.05, 0) is 36.8 Å². The van der Waals surface area contributed by atoms with Crippen molar-refractivity contribution in [2.75, 3.05) is 18.6 Å². The molecule has 0 aliphatic heterocycles. The van der Waals surface area contributed by atoms with E-state index in [-0.39, 0.29) is 0 Å². The van der Waals surface area contributed by atoms with E-state index in [9.17, 15) is 8.42 Å². The number of rotatable bonds is 7. The monoisotopic (exact) mass is 356 g/mol. The molecule has 0 saturated heterocycles. The second-order valence-corrected chi connectivity index (χ2v) is 8.28. The molecule has 0 saturated carbocycles. The number of thioether (sulfide) groups is 1. The minimum absolute atomic E-state index is 0.385. The van der Waals surface area contributed by atoms with Crippen LogP contribution >= 0.6 is 23.4 Å². The van der Waals surface area contributed by atoms with Crippen LogP contribution in [0.15, 0.2) is 58.3 Å². The molecule has 3 nitrogen and oxygen atoms in total. The van der Waals surface area contributed by atoms with Gasteiger partial charge >= 0.3 is 0 Å². The average Bonchev–Trinajstić information content (AvgIpc) is 2.46. The zero-order valence-electron chi connectivity index (χ0n) is 12.2. The van der Waals surface area contributed by atoms with Crippen LogP contribution in [0.4, 0.5) is 0 Å². The molecule has 2 rings (SSSR count). The molecular weight excluding hydrogens is 340 g/mol. The first-order valence-electron chi connectivity index (χ1n) is 6.77. The lowest BCUT2D eigenvalue weighted by Gasteiger charge is -2.08. The molecule has 2 aromatic carbocycles. The van der Waals surface area contributed by atoms with Crippen LogP contribution in [0.25, 0.3) is 0 Å². The van der Waals surface area contributed by atoms with Crippen LogP contribution < -0.4 is 4.74 Å². The molecule has 0 spiro atoms. The van der Waals surface area contributed by atoms with Crippen molar-refractivity contribution in [3.05, 3.63) is 53.6 Å². The van der Waals surface area contributed by atoms with Gasteiger partial charge in [-0.1, -0.05) is 29.8 Å². The number of hydrogen-bond donors (Lipinski definition) is 0. The third-order valence-electron chi connectivity index (χ3n) is 2.86. The third kappa shape index (κ3) is 5.23. The van der Waals surface area contributed by atoms with E-state index in [0.717, 1.165) is 22.8 Å². The predicted octanol–water partition coefficient (Wildman–Crippen LogP) is 4.30. The smallest absolute Gasteiger partial charge is 0.176 e. The van der Waals surface area contributed by atoms with Crippen LogP contribution in [-0.2, 0) is 9.84 Å². The van der Waals surface area contributed by atoms with Crippen LogP contribution in [0.1, 0.15) is 6.42 Å². The van der Waals surface area contributed by atoms with E-state index >= 15 is 0 Å². The molecule has 22 heavy (non-hydrogen) atoms. The SMILES string of the molecule is CS(=O)(=O)c1ccccc1SCCCOc1cccc(Cl)c1. The van der Waals surface area contributed by atoms with E-state index in [1.807, 2.05) is 24.3 Å². The highest BCUT2D eigenvalue weighted by molar-refractivity contribution is 8.00. The summed E-state index contributed by atoms with van der Waals surface area (Å²) < 4.78 is 29.0. The summed E-state index contributed by atoms with van der Waals surface area (Å²) in [5.41, 5.74) is 0. The number of ether oxygens (including phenoxy) is 1. The second-order valence-electron chi connectivity index (χ2n) is 4.73. The molecule has 0 amide bonds. The normalized spacial score (nSPS) is 11.4. The van der Waals surface area contributed by atoms with Gasteiger partial charge in [0.25, 0.3) is 0 Å². The molecule has 0 N–H and O–H groups in total. The molecule has 118 valence electrons. The highest BCUT2D eigenvalue weighted by Gasteiger charge is 2.12. The Morgan fingerprint density at radius 1 is 1.14 bits per heavy atom. The summed E-state index contributed by atoms with van der Waals surface area (Å²) in [4.78, 5) is 1.17. The van der Waals surface area contributed by atoms with E-state index in [1.165, 1.54) is 18.0 Å². The van der Waals surface area contributed by atoms with Gasteiger partial charge in [0, 0.05) is 21.9 Å². The van der Waals surface area contributed by atoms with Crippen molar-refractivity contribution in [1.29, 1.82) is 0 Å². The van der Waals surface area contributed by atoms with Gasteiger partial charge in [-0.3, -0.25) is 0 Å². The lowest BCUT2D eigenvalue weighted by atomic mass is 10.3. The van der Waals surface area contributed by atoms with E-state index in [0.29, 0.717) is 16.5 Å². The Hall–Kier alpha value is -1.17. The van der Waals surface area contributed by atoms with E-state index < -0.39 is 9.84 Å². The fraction of sp³-hybridized carbons (Fsp3) is 0.250. The maximum atomic E-state index is 11.7. The fourth-order valence-corrected chi connectivity index (χ4v) is 4.30. The minimum atomic E-state index is -3.19. The van der Waals surface area contributed by atoms with Gasteiger partial charge in [0.2, 0.25) is 0 Å². The van der Waals surface area contributed by atoms with Crippen LogP contribution in [0.3, 0.4) is 0 Å². The molecule has 0 bridgehead atoms. The Kier molecular flexibility index (Phi) is 6.17. The molecule has 0 aliphatic carbocycles. The quantitative estimate of drug-likeness (QED) is 0.548. The highest BCUT2D eigenvalue weighted by Crippen LogP contribution is 2.27. The largest absolute Gasteiger partial charge is 0.494 e. The number of hydrogen-bond acceptors (Lipinski definition) is 4. The summed E-state index contributed by atoms with van der Waals surface area (Å²) >= 11 is 7.41. The maximum absolute atomic E-state index is 11.7. The van der Waals surface area contributed by atoms with Crippen molar-refractivity contribution < 1.29 is 13.2 Å². The fourth-order valence-electron chi connectivity index (χ4n) is 1.86. The maximum Gasteiger partial charge on any atom is 0.176 e. The topological polar surface area (TPSA) is 43.4 Å². The Morgan fingerprint density at radius 3 is 2.64 bits per heavy atom. The number of halogens is 1. The van der Waals surface area contributed by atoms with Crippen molar-refractivity contribution in [2.24, 2.45) is 0 Å². The van der Waals surface area contributed by atoms with Gasteiger partial charge in [-0.15, -0.1) is 11.8 Å². The molecule has 0 fully saturated rings. The molecule has 6 heteroatoms. The van der Waals surface area contributed by atoms with Crippen LogP contribution in [0.2, 0.25) is 5.02 Å². The molecule has 0 atom stereocenters. The Bertz CT molecular complexity index is 730. The number of benzene rings is 2. The van der Waals surface area contributed by atoms with Crippen LogP contribution in [0.5, 0.6) is 5.75 Å². The van der Waals surface area contributed by atoms with Gasteiger partial charge in [0.1, 0.15) is 5.75 Å². The standard InChI is InChI=1S/C16H17ClO3S2/c1-22(18,19)16-9-3-2-8-15(16)21-11-5-10-20-14-7-4-6-13(17)12-14/h2-4,6-9,12H,5,10-11H2,1H3. The molecule has 0 heterocycles. The van der Waals surface area contributed by atoms with Crippen molar-refractivity contribution in [3.8, 4) is 5.75 Å². The summed E-state index contributed by atoms with van der Waals surface area (Å²) in [6, 6.07) is 14.3. The molecule has 0 unspecified atom stereocenters. The summed E-state index contributed by atoms with van der Waals surface area (Å²) in [7, 11) is -3.19. The van der Waals surface area contributed by atoms with Gasteiger partial charge in [-0.25, -0.2) is 8.42 Å².